The fourth-order valence-corrected chi connectivity index (χ4v) is 1.28. The summed E-state index contributed by atoms with van der Waals surface area (Å²) in [5.41, 5.74) is 1.17. The predicted octanol–water partition coefficient (Wildman–Crippen LogP) is 1.47. The second-order valence-electron chi connectivity index (χ2n) is 2.85. The van der Waals surface area contributed by atoms with E-state index in [9.17, 15) is 4.79 Å². The third kappa shape index (κ3) is 1.16. The van der Waals surface area contributed by atoms with E-state index in [1.807, 2.05) is 0 Å². The molecule has 0 radical (unpaired) electrons. The molecular weight excluding hydrogens is 168 g/mol. The summed E-state index contributed by atoms with van der Waals surface area (Å²) in [6.45, 7) is 1.48. The monoisotopic (exact) mass is 176 g/mol. The normalized spacial score (nSPS) is 10.5. The Morgan fingerprint density at radius 1 is 1.62 bits per heavy atom. The smallest absolute Gasteiger partial charge is 0.162 e. The largest absolute Gasteiger partial charge is 0.506 e. The predicted molar refractivity (Wildman–Crippen MR) is 47.8 cm³/mol. The van der Waals surface area contributed by atoms with E-state index in [1.165, 1.54) is 19.2 Å². The van der Waals surface area contributed by atoms with Gasteiger partial charge in [0.2, 0.25) is 0 Å². The number of H-pyrrole nitrogens is 1. The first-order chi connectivity index (χ1) is 6.18. The van der Waals surface area contributed by atoms with E-state index in [2.05, 4.69) is 9.97 Å². The van der Waals surface area contributed by atoms with Crippen LogP contribution in [0.15, 0.2) is 18.5 Å². The number of carbonyl (C=O) groups is 1. The molecule has 0 aliphatic rings. The highest BCUT2D eigenvalue weighted by Gasteiger charge is 2.08. The van der Waals surface area contributed by atoms with Crippen LogP contribution in [0.1, 0.15) is 17.3 Å². The van der Waals surface area contributed by atoms with Crippen molar-refractivity contribution < 1.29 is 9.90 Å². The Balaban J connectivity index is 2.79. The van der Waals surface area contributed by atoms with Crippen LogP contribution in [-0.2, 0) is 0 Å². The highest BCUT2D eigenvalue weighted by atomic mass is 16.3. The molecule has 0 bridgehead atoms. The van der Waals surface area contributed by atoms with Crippen LogP contribution in [0.5, 0.6) is 5.75 Å². The maximum absolute atomic E-state index is 11.1. The molecule has 0 atom stereocenters. The molecule has 0 aromatic carbocycles. The number of hydrogen-bond acceptors (Lipinski definition) is 3. The van der Waals surface area contributed by atoms with E-state index in [4.69, 9.17) is 5.11 Å². The summed E-state index contributed by atoms with van der Waals surface area (Å²) in [5.74, 6) is 0.0215. The second kappa shape index (κ2) is 2.58. The first-order valence-electron chi connectivity index (χ1n) is 3.85. The molecule has 0 aliphatic heterocycles. The molecule has 2 heterocycles. The van der Waals surface area contributed by atoms with E-state index >= 15 is 0 Å². The number of aromatic hydroxyl groups is 1. The highest BCUT2D eigenvalue weighted by Crippen LogP contribution is 2.20. The fourth-order valence-electron chi connectivity index (χ4n) is 1.28. The van der Waals surface area contributed by atoms with Gasteiger partial charge >= 0.3 is 0 Å². The number of aromatic amines is 1. The summed E-state index contributed by atoms with van der Waals surface area (Å²) in [5, 5.41) is 9.83. The maximum atomic E-state index is 11.1. The minimum absolute atomic E-state index is 0.0429. The van der Waals surface area contributed by atoms with Gasteiger partial charge in [0, 0.05) is 17.1 Å². The Morgan fingerprint density at radius 3 is 3.08 bits per heavy atom. The molecule has 4 heteroatoms. The van der Waals surface area contributed by atoms with Gasteiger partial charge in [-0.15, -0.1) is 0 Å². The molecular formula is C9H8N2O2. The number of carbonyl (C=O) groups excluding carboxylic acids is 1. The average molecular weight is 176 g/mol. The van der Waals surface area contributed by atoms with Crippen molar-refractivity contribution >= 4 is 16.8 Å². The van der Waals surface area contributed by atoms with E-state index in [0.29, 0.717) is 16.6 Å². The number of fused-ring (bicyclic) bond motifs is 1. The fraction of sp³-hybridized carbons (Fsp3) is 0.111. The number of nitrogens with zero attached hydrogens (tertiary/aromatic N) is 1. The molecule has 0 saturated carbocycles. The second-order valence-corrected chi connectivity index (χ2v) is 2.85. The topological polar surface area (TPSA) is 66.0 Å². The van der Waals surface area contributed by atoms with Crippen molar-refractivity contribution in [2.45, 2.75) is 6.92 Å². The quantitative estimate of drug-likeness (QED) is 0.646. The van der Waals surface area contributed by atoms with Crippen molar-refractivity contribution in [1.29, 1.82) is 0 Å². The molecule has 0 fully saturated rings. The first kappa shape index (κ1) is 7.79. The molecule has 2 rings (SSSR count). The minimum Gasteiger partial charge on any atom is -0.506 e. The summed E-state index contributed by atoms with van der Waals surface area (Å²) < 4.78 is 0. The SMILES string of the molecule is CC(=O)c1c[nH]c2ncc(O)cc12. The third-order valence-electron chi connectivity index (χ3n) is 1.90. The maximum Gasteiger partial charge on any atom is 0.162 e. The Hall–Kier alpha value is -1.84. The van der Waals surface area contributed by atoms with E-state index in [0.717, 1.165) is 0 Å². The number of ketones is 1. The summed E-state index contributed by atoms with van der Waals surface area (Å²) in [6, 6.07) is 1.52. The third-order valence-corrected chi connectivity index (χ3v) is 1.90. The lowest BCUT2D eigenvalue weighted by Gasteiger charge is -1.93. The van der Waals surface area contributed by atoms with Crippen molar-refractivity contribution in [2.75, 3.05) is 0 Å². The zero-order chi connectivity index (χ0) is 9.42. The van der Waals surface area contributed by atoms with Gasteiger partial charge in [-0.3, -0.25) is 4.79 Å². The summed E-state index contributed by atoms with van der Waals surface area (Å²) in [6.07, 6.45) is 2.93. The van der Waals surface area contributed by atoms with E-state index < -0.39 is 0 Å². The van der Waals surface area contributed by atoms with Crippen LogP contribution >= 0.6 is 0 Å². The molecule has 0 spiro atoms. The van der Waals surface area contributed by atoms with Gasteiger partial charge in [-0.2, -0.15) is 0 Å². The molecule has 0 saturated heterocycles. The Morgan fingerprint density at radius 2 is 2.38 bits per heavy atom. The molecule has 0 aliphatic carbocycles. The van der Waals surface area contributed by atoms with E-state index in [1.54, 1.807) is 6.20 Å². The summed E-state index contributed by atoms with van der Waals surface area (Å²) in [4.78, 5) is 17.9. The minimum atomic E-state index is -0.0429. The van der Waals surface area contributed by atoms with Crippen molar-refractivity contribution in [3.05, 3.63) is 24.0 Å². The van der Waals surface area contributed by atoms with Gasteiger partial charge < -0.3 is 10.1 Å². The molecule has 2 aromatic rings. The zero-order valence-corrected chi connectivity index (χ0v) is 7.03. The first-order valence-corrected chi connectivity index (χ1v) is 3.85. The van der Waals surface area contributed by atoms with Crippen LogP contribution in [0, 0.1) is 0 Å². The van der Waals surface area contributed by atoms with Gasteiger partial charge in [-0.05, 0) is 13.0 Å². The van der Waals surface area contributed by atoms with Crippen molar-refractivity contribution in [2.24, 2.45) is 0 Å². The standard InChI is InChI=1S/C9H8N2O2/c1-5(12)8-4-11-9-7(8)2-6(13)3-10-9/h2-4,13H,1H3,(H,10,11). The van der Waals surface area contributed by atoms with Crippen LogP contribution in [0.3, 0.4) is 0 Å². The lowest BCUT2D eigenvalue weighted by Crippen LogP contribution is -1.88. The van der Waals surface area contributed by atoms with Gasteiger partial charge in [-0.1, -0.05) is 0 Å². The summed E-state index contributed by atoms with van der Waals surface area (Å²) in [7, 11) is 0. The van der Waals surface area contributed by atoms with Crippen molar-refractivity contribution in [1.82, 2.24) is 9.97 Å². The van der Waals surface area contributed by atoms with Crippen molar-refractivity contribution in [3.8, 4) is 5.75 Å². The number of pyridine rings is 1. The van der Waals surface area contributed by atoms with Crippen LogP contribution < -0.4 is 0 Å². The molecule has 66 valence electrons. The van der Waals surface area contributed by atoms with Crippen LogP contribution in [0.2, 0.25) is 0 Å². The van der Waals surface area contributed by atoms with Crippen molar-refractivity contribution in [3.63, 3.8) is 0 Å². The van der Waals surface area contributed by atoms with Gasteiger partial charge in [0.15, 0.2) is 5.78 Å². The van der Waals surface area contributed by atoms with Crippen LogP contribution in [0.25, 0.3) is 11.0 Å². The number of nitrogens with one attached hydrogen (secondary N) is 1. The average Bonchev–Trinajstić information content (AvgIpc) is 2.46. The van der Waals surface area contributed by atoms with Gasteiger partial charge in [0.25, 0.3) is 0 Å². The van der Waals surface area contributed by atoms with Crippen LogP contribution in [-0.4, -0.2) is 20.9 Å². The number of rotatable bonds is 1. The van der Waals surface area contributed by atoms with E-state index in [-0.39, 0.29) is 11.5 Å². The molecule has 13 heavy (non-hydrogen) atoms. The Kier molecular flexibility index (Phi) is 1.55. The summed E-state index contributed by atoms with van der Waals surface area (Å²) >= 11 is 0. The lowest BCUT2D eigenvalue weighted by atomic mass is 10.1. The number of Topliss-reactive ketones (excluding diaryl/α,β-unsaturated/α-hetero) is 1. The van der Waals surface area contributed by atoms with Gasteiger partial charge in [0.05, 0.1) is 6.20 Å². The number of aromatic nitrogens is 2. The Bertz CT molecular complexity index is 473. The van der Waals surface area contributed by atoms with Gasteiger partial charge in [0.1, 0.15) is 11.4 Å². The molecule has 0 unspecified atom stereocenters. The lowest BCUT2D eigenvalue weighted by molar-refractivity contribution is 0.101. The number of hydrogen-bond donors (Lipinski definition) is 2. The highest BCUT2D eigenvalue weighted by molar-refractivity contribution is 6.06. The Labute approximate surface area is 74.2 Å². The molecule has 4 nitrogen and oxygen atoms in total. The molecule has 2 N–H and O–H groups in total. The molecule has 0 amide bonds. The van der Waals surface area contributed by atoms with Gasteiger partial charge in [-0.25, -0.2) is 4.98 Å². The van der Waals surface area contributed by atoms with Crippen LogP contribution in [0.4, 0.5) is 0 Å². The zero-order valence-electron chi connectivity index (χ0n) is 7.03. The molecule has 2 aromatic heterocycles.